The van der Waals surface area contributed by atoms with E-state index in [0.29, 0.717) is 18.5 Å². The molecule has 0 saturated heterocycles. The largest absolute Gasteiger partial charge is 0.497 e. The van der Waals surface area contributed by atoms with Crippen LogP contribution in [-0.4, -0.2) is 24.8 Å². The summed E-state index contributed by atoms with van der Waals surface area (Å²) in [5.41, 5.74) is 2.35. The molecule has 2 N–H and O–H groups in total. The fourth-order valence-corrected chi connectivity index (χ4v) is 3.00. The summed E-state index contributed by atoms with van der Waals surface area (Å²) >= 11 is 0. The molecule has 2 aromatic rings. The van der Waals surface area contributed by atoms with Gasteiger partial charge in [0.1, 0.15) is 5.75 Å². The summed E-state index contributed by atoms with van der Waals surface area (Å²) in [6.45, 7) is 0.596. The zero-order valence-corrected chi connectivity index (χ0v) is 12.9. The summed E-state index contributed by atoms with van der Waals surface area (Å²) in [6.07, 6.45) is 1.83. The van der Waals surface area contributed by atoms with Crippen LogP contribution in [0.15, 0.2) is 54.6 Å². The van der Waals surface area contributed by atoms with Gasteiger partial charge in [0.15, 0.2) is 0 Å². The molecule has 0 amide bonds. The van der Waals surface area contributed by atoms with Gasteiger partial charge in [0.05, 0.1) is 13.2 Å². The zero-order chi connectivity index (χ0) is 15.4. The van der Waals surface area contributed by atoms with E-state index in [1.54, 1.807) is 7.11 Å². The van der Waals surface area contributed by atoms with Gasteiger partial charge in [-0.3, -0.25) is 0 Å². The SMILES string of the molecule is COc1ccc([C@@H](O)CNC2CC(c3ccccc3)C2)cc1. The standard InChI is InChI=1S/C19H23NO2/c1-22-18-9-7-15(8-10-18)19(21)13-20-17-11-16(12-17)14-5-3-2-4-6-14/h2-10,16-17,19-21H,11-13H2,1H3/t16?,17?,19-/m0/s1. The summed E-state index contributed by atoms with van der Waals surface area (Å²) in [5, 5.41) is 13.7. The first-order chi connectivity index (χ1) is 10.8. The molecular formula is C19H23NO2. The molecule has 0 aliphatic heterocycles. The molecule has 0 heterocycles. The number of aliphatic hydroxyl groups excluding tert-OH is 1. The lowest BCUT2D eigenvalue weighted by molar-refractivity contribution is 0.157. The Morgan fingerprint density at radius 2 is 1.77 bits per heavy atom. The van der Waals surface area contributed by atoms with E-state index < -0.39 is 6.10 Å². The minimum atomic E-state index is -0.471. The van der Waals surface area contributed by atoms with E-state index in [2.05, 4.69) is 35.6 Å². The number of aliphatic hydroxyl groups is 1. The lowest BCUT2D eigenvalue weighted by atomic mass is 9.76. The molecule has 0 unspecified atom stereocenters. The first kappa shape index (κ1) is 15.1. The van der Waals surface area contributed by atoms with Gasteiger partial charge in [-0.1, -0.05) is 42.5 Å². The van der Waals surface area contributed by atoms with Crippen molar-refractivity contribution in [1.82, 2.24) is 5.32 Å². The number of methoxy groups -OCH3 is 1. The van der Waals surface area contributed by atoms with Gasteiger partial charge in [-0.15, -0.1) is 0 Å². The molecule has 1 atom stereocenters. The molecule has 3 nitrogen and oxygen atoms in total. The number of ether oxygens (including phenoxy) is 1. The second kappa shape index (κ2) is 6.95. The molecule has 0 aromatic heterocycles. The smallest absolute Gasteiger partial charge is 0.118 e. The average Bonchev–Trinajstić information content (AvgIpc) is 2.54. The summed E-state index contributed by atoms with van der Waals surface area (Å²) in [6, 6.07) is 18.8. The van der Waals surface area contributed by atoms with Gasteiger partial charge in [0.25, 0.3) is 0 Å². The predicted octanol–water partition coefficient (Wildman–Crippen LogP) is 3.26. The normalized spacial score (nSPS) is 21.9. The van der Waals surface area contributed by atoms with Gasteiger partial charge in [0, 0.05) is 12.6 Å². The summed E-state index contributed by atoms with van der Waals surface area (Å²) in [7, 11) is 1.65. The van der Waals surface area contributed by atoms with Crippen molar-refractivity contribution >= 4 is 0 Å². The number of rotatable bonds is 6. The topological polar surface area (TPSA) is 41.5 Å². The highest BCUT2D eigenvalue weighted by Gasteiger charge is 2.30. The van der Waals surface area contributed by atoms with Crippen LogP contribution in [0, 0.1) is 0 Å². The molecule has 2 aromatic carbocycles. The molecule has 22 heavy (non-hydrogen) atoms. The van der Waals surface area contributed by atoms with Crippen molar-refractivity contribution in [2.24, 2.45) is 0 Å². The number of nitrogens with one attached hydrogen (secondary N) is 1. The highest BCUT2D eigenvalue weighted by molar-refractivity contribution is 5.28. The van der Waals surface area contributed by atoms with Crippen molar-refractivity contribution in [2.75, 3.05) is 13.7 Å². The molecular weight excluding hydrogens is 274 g/mol. The van der Waals surface area contributed by atoms with Crippen LogP contribution in [-0.2, 0) is 0 Å². The molecule has 1 aliphatic carbocycles. The average molecular weight is 297 g/mol. The van der Waals surface area contributed by atoms with Crippen molar-refractivity contribution in [3.63, 3.8) is 0 Å². The number of hydrogen-bond acceptors (Lipinski definition) is 3. The molecule has 3 rings (SSSR count). The highest BCUT2D eigenvalue weighted by Crippen LogP contribution is 2.36. The Hall–Kier alpha value is -1.84. The van der Waals surface area contributed by atoms with Gasteiger partial charge in [0.2, 0.25) is 0 Å². The summed E-state index contributed by atoms with van der Waals surface area (Å²) in [5.74, 6) is 1.48. The maximum Gasteiger partial charge on any atom is 0.118 e. The lowest BCUT2D eigenvalue weighted by Gasteiger charge is -2.37. The van der Waals surface area contributed by atoms with E-state index in [9.17, 15) is 5.11 Å². The summed E-state index contributed by atoms with van der Waals surface area (Å²) in [4.78, 5) is 0. The fraction of sp³-hybridized carbons (Fsp3) is 0.368. The molecule has 1 fully saturated rings. The maximum absolute atomic E-state index is 10.2. The number of benzene rings is 2. The first-order valence-corrected chi connectivity index (χ1v) is 7.86. The Balaban J connectivity index is 1.43. The van der Waals surface area contributed by atoms with Crippen LogP contribution < -0.4 is 10.1 Å². The van der Waals surface area contributed by atoms with Crippen molar-refractivity contribution in [3.8, 4) is 5.75 Å². The minimum absolute atomic E-state index is 0.471. The minimum Gasteiger partial charge on any atom is -0.497 e. The first-order valence-electron chi connectivity index (χ1n) is 7.86. The van der Waals surface area contributed by atoms with Crippen molar-refractivity contribution in [1.29, 1.82) is 0 Å². The van der Waals surface area contributed by atoms with Crippen molar-refractivity contribution < 1.29 is 9.84 Å². The molecule has 1 aliphatic rings. The van der Waals surface area contributed by atoms with Crippen LogP contribution in [0.4, 0.5) is 0 Å². The van der Waals surface area contributed by atoms with E-state index in [4.69, 9.17) is 4.74 Å². The van der Waals surface area contributed by atoms with E-state index >= 15 is 0 Å². The fourth-order valence-electron chi connectivity index (χ4n) is 3.00. The zero-order valence-electron chi connectivity index (χ0n) is 12.9. The predicted molar refractivity (Wildman–Crippen MR) is 88.2 cm³/mol. The van der Waals surface area contributed by atoms with E-state index in [1.165, 1.54) is 5.56 Å². The van der Waals surface area contributed by atoms with E-state index in [0.717, 1.165) is 24.2 Å². The number of hydrogen-bond donors (Lipinski definition) is 2. The van der Waals surface area contributed by atoms with Crippen LogP contribution in [0.5, 0.6) is 5.75 Å². The van der Waals surface area contributed by atoms with Gasteiger partial charge in [-0.05, 0) is 42.0 Å². The highest BCUT2D eigenvalue weighted by atomic mass is 16.5. The third-order valence-electron chi connectivity index (χ3n) is 4.51. The molecule has 116 valence electrons. The second-order valence-electron chi connectivity index (χ2n) is 5.97. The Morgan fingerprint density at radius 1 is 1.09 bits per heavy atom. The van der Waals surface area contributed by atoms with Gasteiger partial charge < -0.3 is 15.2 Å². The quantitative estimate of drug-likeness (QED) is 0.860. The Morgan fingerprint density at radius 3 is 2.41 bits per heavy atom. The monoisotopic (exact) mass is 297 g/mol. The van der Waals surface area contributed by atoms with Crippen molar-refractivity contribution in [2.45, 2.75) is 30.9 Å². The maximum atomic E-state index is 10.2. The van der Waals surface area contributed by atoms with Crippen LogP contribution in [0.1, 0.15) is 36.0 Å². The van der Waals surface area contributed by atoms with Crippen LogP contribution in [0.25, 0.3) is 0 Å². The van der Waals surface area contributed by atoms with Crippen molar-refractivity contribution in [3.05, 3.63) is 65.7 Å². The van der Waals surface area contributed by atoms with E-state index in [1.807, 2.05) is 24.3 Å². The Kier molecular flexibility index (Phi) is 4.76. The molecule has 3 heteroatoms. The third-order valence-corrected chi connectivity index (χ3v) is 4.51. The molecule has 0 radical (unpaired) electrons. The lowest BCUT2D eigenvalue weighted by Crippen LogP contribution is -2.41. The van der Waals surface area contributed by atoms with Gasteiger partial charge in [-0.2, -0.15) is 0 Å². The van der Waals surface area contributed by atoms with E-state index in [-0.39, 0.29) is 0 Å². The Bertz CT molecular complexity index is 576. The van der Waals surface area contributed by atoms with Gasteiger partial charge >= 0.3 is 0 Å². The summed E-state index contributed by atoms with van der Waals surface area (Å²) < 4.78 is 5.13. The van der Waals surface area contributed by atoms with Crippen LogP contribution >= 0.6 is 0 Å². The van der Waals surface area contributed by atoms with Crippen LogP contribution in [0.3, 0.4) is 0 Å². The van der Waals surface area contributed by atoms with Crippen LogP contribution in [0.2, 0.25) is 0 Å². The molecule has 1 saturated carbocycles. The Labute approximate surface area is 131 Å². The molecule has 0 spiro atoms. The second-order valence-corrected chi connectivity index (χ2v) is 5.97. The molecule has 0 bridgehead atoms. The third kappa shape index (κ3) is 3.49. The van der Waals surface area contributed by atoms with Gasteiger partial charge in [-0.25, -0.2) is 0 Å².